The number of carbonyl (C=O) groups excluding carboxylic acids is 1. The Morgan fingerprint density at radius 3 is 2.38 bits per heavy atom. The van der Waals surface area contributed by atoms with Crippen molar-refractivity contribution in [1.29, 1.82) is 0 Å². The van der Waals surface area contributed by atoms with E-state index in [1.54, 1.807) is 0 Å². The minimum absolute atomic E-state index is 0.409. The number of hydrogen-bond donors (Lipinski definition) is 2. The normalized spacial score (nSPS) is 15.1. The van der Waals surface area contributed by atoms with Gasteiger partial charge in [-0.15, -0.1) is 0 Å². The molecule has 2 unspecified atom stereocenters. The number of carbonyl (C=O) groups is 1. The van der Waals surface area contributed by atoms with Crippen LogP contribution in [0.5, 0.6) is 0 Å². The Morgan fingerprint density at radius 2 is 2.38 bits per heavy atom. The van der Waals surface area contributed by atoms with E-state index in [9.17, 15) is 9.36 Å². The minimum atomic E-state index is -0.907. The average molecular weight is 153 g/mol. The summed E-state index contributed by atoms with van der Waals surface area (Å²) in [5.74, 6) is -0.734. The van der Waals surface area contributed by atoms with Gasteiger partial charge in [0.05, 0.1) is 0 Å². The molecule has 0 aliphatic carbocycles. The quantitative estimate of drug-likeness (QED) is 0.545. The van der Waals surface area contributed by atoms with Gasteiger partial charge in [-0.1, -0.05) is 0 Å². The van der Waals surface area contributed by atoms with Crippen molar-refractivity contribution in [1.82, 2.24) is 0 Å². The summed E-state index contributed by atoms with van der Waals surface area (Å²) in [6.07, 6.45) is 0. The van der Waals surface area contributed by atoms with Crippen LogP contribution in [0.4, 0.5) is 0 Å². The number of rotatable bonds is 3. The van der Waals surface area contributed by atoms with Crippen LogP contribution in [0.3, 0.4) is 0 Å². The van der Waals surface area contributed by atoms with Crippen LogP contribution in [-0.4, -0.2) is 16.2 Å². The molecule has 6 heteroatoms. The third kappa shape index (κ3) is 2.31. The highest BCUT2D eigenvalue weighted by Gasteiger charge is 2.12. The molecule has 1 amide bonds. The van der Waals surface area contributed by atoms with Crippen LogP contribution in [-0.2, 0) is 9.36 Å². The molecule has 0 aliphatic rings. The van der Waals surface area contributed by atoms with E-state index in [-0.39, 0.29) is 0 Å². The lowest BCUT2D eigenvalue weighted by Crippen LogP contribution is -2.19. The van der Waals surface area contributed by atoms with Crippen LogP contribution in [0.1, 0.15) is 0 Å². The zero-order valence-electron chi connectivity index (χ0n) is 3.87. The Kier molecular flexibility index (Phi) is 3.88. The lowest BCUT2D eigenvalue weighted by molar-refractivity contribution is -0.116. The van der Waals surface area contributed by atoms with Gasteiger partial charge >= 0.3 is 0 Å². The van der Waals surface area contributed by atoms with Crippen molar-refractivity contribution >= 4 is 23.2 Å². The number of nitrogens with two attached hydrogens (primary N) is 1. The van der Waals surface area contributed by atoms with E-state index in [1.807, 2.05) is 0 Å². The van der Waals surface area contributed by atoms with E-state index in [0.29, 0.717) is 0 Å². The van der Waals surface area contributed by atoms with Crippen molar-refractivity contribution in [3.8, 4) is 0 Å². The molecule has 46 valence electrons. The van der Waals surface area contributed by atoms with Crippen LogP contribution < -0.4 is 5.73 Å². The maximum atomic E-state index is 10.0. The topological polar surface area (TPSA) is 80.4 Å². The average Bonchev–Trinajstić information content (AvgIpc) is 1.69. The van der Waals surface area contributed by atoms with E-state index < -0.39 is 28.6 Å². The van der Waals surface area contributed by atoms with Crippen molar-refractivity contribution in [2.75, 3.05) is 0 Å². The monoisotopic (exact) mass is 153 g/mol. The summed E-state index contributed by atoms with van der Waals surface area (Å²) in [5.41, 5.74) is 4.66. The molecule has 0 aromatic heterocycles. The number of hydrogen-bond acceptors (Lipinski definition) is 3. The second kappa shape index (κ2) is 3.90. The second-order valence-corrected chi connectivity index (χ2v) is 3.09. The van der Waals surface area contributed by atoms with E-state index in [2.05, 4.69) is 5.73 Å². The first-order chi connectivity index (χ1) is 3.72. The highest BCUT2D eigenvalue weighted by atomic mass is 31.1. The van der Waals surface area contributed by atoms with E-state index in [4.69, 9.17) is 4.89 Å². The van der Waals surface area contributed by atoms with Crippen molar-refractivity contribution in [2.24, 2.45) is 5.73 Å². The Balaban J connectivity index is 3.69. The van der Waals surface area contributed by atoms with Crippen LogP contribution in [0.2, 0.25) is 0 Å². The van der Waals surface area contributed by atoms with Gasteiger partial charge in [-0.2, -0.15) is 0 Å². The van der Waals surface area contributed by atoms with Gasteiger partial charge in [-0.3, -0.25) is 9.36 Å². The highest BCUT2D eigenvalue weighted by Crippen LogP contribution is 2.22. The van der Waals surface area contributed by atoms with Gasteiger partial charge in [-0.25, -0.2) is 0 Å². The summed E-state index contributed by atoms with van der Waals surface area (Å²) in [6.45, 7) is 0. The Morgan fingerprint density at radius 1 is 1.88 bits per heavy atom. The summed E-state index contributed by atoms with van der Waals surface area (Å²) in [5, 5.41) is -0.907. The lowest BCUT2D eigenvalue weighted by Gasteiger charge is -1.94. The van der Waals surface area contributed by atoms with Gasteiger partial charge in [0.15, 0.2) is 13.9 Å². The Labute approximate surface area is 49.5 Å². The van der Waals surface area contributed by atoms with Crippen LogP contribution >= 0.6 is 17.3 Å². The molecule has 0 radical (unpaired) electrons. The van der Waals surface area contributed by atoms with Crippen LogP contribution in [0.25, 0.3) is 0 Å². The standard InChI is InChI=1S/C2H5NO3P2/c3-1(4)2(7-5)8-6/h2,5,7H,(H2,3,4). The molecule has 0 fully saturated rings. The molecule has 0 spiro atoms. The van der Waals surface area contributed by atoms with Crippen molar-refractivity contribution in [3.63, 3.8) is 0 Å². The fraction of sp³-hybridized carbons (Fsp3) is 0.500. The third-order valence-corrected chi connectivity index (χ3v) is 2.15. The maximum absolute atomic E-state index is 10.0. The molecule has 3 N–H and O–H groups in total. The molecule has 0 aromatic rings. The molecule has 0 aliphatic heterocycles. The molecular formula is C2H5NO3P2. The summed E-state index contributed by atoms with van der Waals surface area (Å²) < 4.78 is 9.82. The molecule has 2 atom stereocenters. The molecular weight excluding hydrogens is 148 g/mol. The predicted molar refractivity (Wildman–Crippen MR) is 31.1 cm³/mol. The molecule has 0 saturated carbocycles. The zero-order valence-corrected chi connectivity index (χ0v) is 5.76. The molecule has 0 rings (SSSR count). The van der Waals surface area contributed by atoms with Gasteiger partial charge in [0.1, 0.15) is 0 Å². The van der Waals surface area contributed by atoms with Gasteiger partial charge in [0, 0.05) is 8.81 Å². The SMILES string of the molecule is NC(=O)C(P=O)PO. The number of primary amides is 1. The van der Waals surface area contributed by atoms with Gasteiger partial charge < -0.3 is 10.6 Å². The maximum Gasteiger partial charge on any atom is 0.238 e. The summed E-state index contributed by atoms with van der Waals surface area (Å²) >= 11 is 0. The van der Waals surface area contributed by atoms with Gasteiger partial charge in [0.2, 0.25) is 5.91 Å². The highest BCUT2D eigenvalue weighted by molar-refractivity contribution is 7.50. The molecule has 0 aromatic carbocycles. The Hall–Kier alpha value is -0.0400. The van der Waals surface area contributed by atoms with Crippen molar-refractivity contribution < 1.29 is 14.3 Å². The fourth-order valence-electron chi connectivity index (χ4n) is 0.139. The first kappa shape index (κ1) is 7.96. The first-order valence-corrected chi connectivity index (χ1v) is 3.64. The van der Waals surface area contributed by atoms with Gasteiger partial charge in [0.25, 0.3) is 0 Å². The summed E-state index contributed by atoms with van der Waals surface area (Å²) in [4.78, 5) is 18.2. The van der Waals surface area contributed by atoms with Crippen LogP contribution in [0, 0.1) is 0 Å². The second-order valence-electron chi connectivity index (χ2n) is 1.04. The Bertz CT molecular complexity index is 105. The smallest absolute Gasteiger partial charge is 0.238 e. The largest absolute Gasteiger partial charge is 0.375 e. The van der Waals surface area contributed by atoms with Crippen LogP contribution in [0.15, 0.2) is 0 Å². The lowest BCUT2D eigenvalue weighted by atomic mass is 10.7. The molecule has 0 bridgehead atoms. The molecule has 4 nitrogen and oxygen atoms in total. The number of amides is 1. The summed E-state index contributed by atoms with van der Waals surface area (Å²) in [7, 11) is -1.08. The van der Waals surface area contributed by atoms with E-state index in [0.717, 1.165) is 0 Å². The third-order valence-electron chi connectivity index (χ3n) is 0.497. The summed E-state index contributed by atoms with van der Waals surface area (Å²) in [6, 6.07) is 0. The first-order valence-electron chi connectivity index (χ1n) is 1.73. The predicted octanol–water partition coefficient (Wildman–Crippen LogP) is -0.325. The minimum Gasteiger partial charge on any atom is -0.375 e. The molecule has 0 saturated heterocycles. The van der Waals surface area contributed by atoms with Gasteiger partial charge in [-0.05, 0) is 0 Å². The van der Waals surface area contributed by atoms with Crippen molar-refractivity contribution in [2.45, 2.75) is 5.40 Å². The molecule has 8 heavy (non-hydrogen) atoms. The fourth-order valence-corrected chi connectivity index (χ4v) is 0.559. The zero-order chi connectivity index (χ0) is 6.57. The molecule has 0 heterocycles. The van der Waals surface area contributed by atoms with E-state index in [1.165, 1.54) is 0 Å². The van der Waals surface area contributed by atoms with E-state index >= 15 is 0 Å². The van der Waals surface area contributed by atoms with Crippen molar-refractivity contribution in [3.05, 3.63) is 0 Å².